The molecule has 0 aliphatic carbocycles. The van der Waals surface area contributed by atoms with Crippen molar-refractivity contribution in [3.05, 3.63) is 0 Å². The number of carboxylic acids is 2. The van der Waals surface area contributed by atoms with E-state index in [1.165, 1.54) is 6.92 Å². The first kappa shape index (κ1) is 51.5. The third-order valence-electron chi connectivity index (χ3n) is 7.71. The van der Waals surface area contributed by atoms with Crippen molar-refractivity contribution in [3.63, 3.8) is 0 Å². The van der Waals surface area contributed by atoms with Gasteiger partial charge < -0.3 is 87.4 Å². The maximum absolute atomic E-state index is 13.3. The summed E-state index contributed by atoms with van der Waals surface area (Å²) >= 11 is 0. The summed E-state index contributed by atoms with van der Waals surface area (Å²) in [6, 6.07) is -8.59. The van der Waals surface area contributed by atoms with E-state index in [0.717, 1.165) is 6.92 Å². The van der Waals surface area contributed by atoms with Crippen LogP contribution in [-0.2, 0) is 38.4 Å². The van der Waals surface area contributed by atoms with Crippen molar-refractivity contribution in [2.45, 2.75) is 101 Å². The van der Waals surface area contributed by atoms with Crippen molar-refractivity contribution < 1.29 is 53.7 Å². The molecule has 7 atom stereocenters. The number of nitrogens with zero attached hydrogens (tertiary/aromatic N) is 3. The van der Waals surface area contributed by atoms with Crippen LogP contribution in [0.15, 0.2) is 15.0 Å². The van der Waals surface area contributed by atoms with Gasteiger partial charge in [-0.25, -0.2) is 4.79 Å². The average molecular weight is 831 g/mol. The Hall–Kier alpha value is -6.51. The van der Waals surface area contributed by atoms with E-state index in [1.54, 1.807) is 0 Å². The van der Waals surface area contributed by atoms with Gasteiger partial charge in [0.1, 0.15) is 30.2 Å². The van der Waals surface area contributed by atoms with Gasteiger partial charge in [0.15, 0.2) is 17.9 Å². The number of nitrogens with two attached hydrogens (primary N) is 7. The molecule has 0 saturated carbocycles. The van der Waals surface area contributed by atoms with Crippen LogP contribution in [0.5, 0.6) is 0 Å². The van der Waals surface area contributed by atoms with Gasteiger partial charge in [0.2, 0.25) is 35.4 Å². The van der Waals surface area contributed by atoms with Crippen molar-refractivity contribution >= 4 is 65.3 Å². The highest BCUT2D eigenvalue weighted by Gasteiger charge is 2.33. The zero-order valence-corrected chi connectivity index (χ0v) is 32.3. The lowest BCUT2D eigenvalue weighted by Crippen LogP contribution is -2.59. The van der Waals surface area contributed by atoms with Gasteiger partial charge in [0.25, 0.3) is 0 Å². The Balaban J connectivity index is 5.71. The quantitative estimate of drug-likeness (QED) is 0.0198. The van der Waals surface area contributed by atoms with E-state index in [-0.39, 0.29) is 69.6 Å². The lowest BCUT2D eigenvalue weighted by molar-refractivity contribution is -0.148. The molecule has 27 heteroatoms. The third-order valence-corrected chi connectivity index (χ3v) is 7.71. The number of aliphatic hydroxyl groups is 1. The van der Waals surface area contributed by atoms with Crippen LogP contribution >= 0.6 is 0 Å². The topological polar surface area (TPSA) is 489 Å². The van der Waals surface area contributed by atoms with E-state index in [0.29, 0.717) is 6.42 Å². The second-order valence-electron chi connectivity index (χ2n) is 12.8. The molecule has 0 rings (SSSR count). The molecule has 0 fully saturated rings. The molecular weight excluding hydrogens is 772 g/mol. The van der Waals surface area contributed by atoms with Crippen LogP contribution in [0.25, 0.3) is 0 Å². The van der Waals surface area contributed by atoms with E-state index in [4.69, 9.17) is 45.2 Å². The lowest BCUT2D eigenvalue weighted by atomic mass is 10.1. The normalized spacial score (nSPS) is 14.2. The Kier molecular flexibility index (Phi) is 24.1. The molecule has 328 valence electrons. The summed E-state index contributed by atoms with van der Waals surface area (Å²) in [5.41, 5.74) is 37.9. The van der Waals surface area contributed by atoms with Crippen molar-refractivity contribution in [2.75, 3.05) is 26.2 Å². The number of amides is 6. The minimum atomic E-state index is -1.90. The summed E-state index contributed by atoms with van der Waals surface area (Å²) in [5.74, 6) is -9.27. The number of nitrogens with one attached hydrogen (secondary N) is 6. The molecule has 0 aromatic rings. The van der Waals surface area contributed by atoms with Crippen LogP contribution in [0.1, 0.15) is 58.8 Å². The Morgan fingerprint density at radius 1 is 0.569 bits per heavy atom. The number of aliphatic carboxylic acids is 2. The fourth-order valence-corrected chi connectivity index (χ4v) is 4.71. The van der Waals surface area contributed by atoms with Crippen LogP contribution in [0, 0.1) is 0 Å². The molecule has 0 spiro atoms. The minimum absolute atomic E-state index is 0.00677. The molecule has 23 N–H and O–H groups in total. The highest BCUT2D eigenvalue weighted by molar-refractivity contribution is 5.96. The lowest BCUT2D eigenvalue weighted by Gasteiger charge is -2.26. The molecule has 0 aliphatic rings. The second-order valence-corrected chi connectivity index (χ2v) is 12.8. The van der Waals surface area contributed by atoms with Gasteiger partial charge in [0, 0.05) is 19.6 Å². The molecule has 0 aliphatic heterocycles. The minimum Gasteiger partial charge on any atom is -0.481 e. The van der Waals surface area contributed by atoms with Gasteiger partial charge in [-0.3, -0.25) is 48.5 Å². The molecular formula is C31H58N16O11. The summed E-state index contributed by atoms with van der Waals surface area (Å²) < 4.78 is 0. The van der Waals surface area contributed by atoms with Crippen LogP contribution in [0.3, 0.4) is 0 Å². The smallest absolute Gasteiger partial charge is 0.326 e. The largest absolute Gasteiger partial charge is 0.481 e. The van der Waals surface area contributed by atoms with Crippen LogP contribution in [-0.4, -0.2) is 149 Å². The molecule has 6 amide bonds. The van der Waals surface area contributed by atoms with Crippen molar-refractivity contribution in [3.8, 4) is 0 Å². The van der Waals surface area contributed by atoms with Gasteiger partial charge in [-0.1, -0.05) is 0 Å². The molecule has 0 aromatic heterocycles. The first-order valence-electron chi connectivity index (χ1n) is 17.9. The number of aliphatic hydroxyl groups excluding tert-OH is 1. The predicted molar refractivity (Wildman–Crippen MR) is 208 cm³/mol. The molecule has 0 aromatic carbocycles. The van der Waals surface area contributed by atoms with Gasteiger partial charge in [-0.15, -0.1) is 0 Å². The van der Waals surface area contributed by atoms with E-state index < -0.39 is 103 Å². The first-order chi connectivity index (χ1) is 27.0. The Labute approximate surface area is 333 Å². The maximum atomic E-state index is 13.3. The van der Waals surface area contributed by atoms with Crippen molar-refractivity contribution in [2.24, 2.45) is 55.1 Å². The van der Waals surface area contributed by atoms with Gasteiger partial charge >= 0.3 is 11.9 Å². The first-order valence-corrected chi connectivity index (χ1v) is 17.9. The van der Waals surface area contributed by atoms with Crippen LogP contribution in [0.4, 0.5) is 0 Å². The molecule has 58 heavy (non-hydrogen) atoms. The zero-order chi connectivity index (χ0) is 44.5. The van der Waals surface area contributed by atoms with E-state index in [1.807, 2.05) is 5.32 Å². The molecule has 0 saturated heterocycles. The second kappa shape index (κ2) is 27.1. The number of hydrogen-bond acceptors (Lipinski definition) is 13. The average Bonchev–Trinajstić information content (AvgIpc) is 3.12. The Morgan fingerprint density at radius 3 is 1.47 bits per heavy atom. The highest BCUT2D eigenvalue weighted by Crippen LogP contribution is 2.05. The monoisotopic (exact) mass is 830 g/mol. The fraction of sp³-hybridized carbons (Fsp3) is 0.645. The number of hydrogen-bond donors (Lipinski definition) is 16. The molecule has 0 bridgehead atoms. The Bertz CT molecular complexity index is 1510. The van der Waals surface area contributed by atoms with E-state index >= 15 is 0 Å². The summed E-state index contributed by atoms with van der Waals surface area (Å²) in [5, 5.41) is 42.2. The summed E-state index contributed by atoms with van der Waals surface area (Å²) in [6.45, 7) is 2.02. The maximum Gasteiger partial charge on any atom is 0.326 e. The molecule has 27 nitrogen and oxygen atoms in total. The van der Waals surface area contributed by atoms with E-state index in [2.05, 4.69) is 41.6 Å². The van der Waals surface area contributed by atoms with Gasteiger partial charge in [0.05, 0.1) is 25.1 Å². The predicted octanol–water partition coefficient (Wildman–Crippen LogP) is -8.03. The fourth-order valence-electron chi connectivity index (χ4n) is 4.71. The number of guanidine groups is 3. The summed E-state index contributed by atoms with van der Waals surface area (Å²) in [7, 11) is 0. The third kappa shape index (κ3) is 22.8. The number of carbonyl (C=O) groups is 8. The Morgan fingerprint density at radius 2 is 1.02 bits per heavy atom. The molecule has 0 heterocycles. The SMILES string of the molecule is C[C@H](NC(=O)[C@H](CCCN=C(N)N)NC(=O)[C@@H](N)CCCN=C(N)N)C(=O)NCC(=O)N[C@@H](CCCN=C(N)N)C(=O)N[C@H](C(=O)N[C@@H](CC(=O)O)C(=O)O)[C@@H](C)O. The number of carboxylic acid groups (broad SMARTS) is 2. The summed E-state index contributed by atoms with van der Waals surface area (Å²) in [4.78, 5) is 112. The number of rotatable bonds is 28. The molecule has 0 unspecified atom stereocenters. The number of aliphatic imine (C=N–C) groups is 3. The van der Waals surface area contributed by atoms with Crippen LogP contribution in [0.2, 0.25) is 0 Å². The van der Waals surface area contributed by atoms with Crippen LogP contribution < -0.4 is 72.0 Å². The summed E-state index contributed by atoms with van der Waals surface area (Å²) in [6.07, 6.45) is -1.84. The molecule has 0 radical (unpaired) electrons. The standard InChI is InChI=1S/C31H58N16O11/c1-14(43-25(54)18(8-5-11-41-31(37)38)45-24(53)16(32)6-3-9-39-29(33)34)23(52)42-13-20(49)44-17(7-4-10-40-30(35)36)26(55)47-22(15(2)48)27(56)46-19(28(57)58)12-21(50)51/h14-19,22,48H,3-13,32H2,1-2H3,(H,42,52)(H,43,54)(H,44,49)(H,45,53)(H,46,56)(H,47,55)(H,50,51)(H,57,58)(H4,33,34,39)(H4,35,36,40)(H4,37,38,41)/t14-,15+,16-,17-,18-,19-,22-/m0/s1. The number of carbonyl (C=O) groups excluding carboxylic acids is 6. The van der Waals surface area contributed by atoms with Crippen molar-refractivity contribution in [1.82, 2.24) is 31.9 Å². The zero-order valence-electron chi connectivity index (χ0n) is 32.3. The van der Waals surface area contributed by atoms with Gasteiger partial charge in [-0.05, 0) is 52.4 Å². The van der Waals surface area contributed by atoms with Gasteiger partial charge in [-0.2, -0.15) is 0 Å². The van der Waals surface area contributed by atoms with Crippen molar-refractivity contribution in [1.29, 1.82) is 0 Å². The highest BCUT2D eigenvalue weighted by atomic mass is 16.4. The van der Waals surface area contributed by atoms with E-state index in [9.17, 15) is 48.6 Å².